The summed E-state index contributed by atoms with van der Waals surface area (Å²) in [7, 11) is 1.60. The summed E-state index contributed by atoms with van der Waals surface area (Å²) < 4.78 is 10.7. The molecule has 1 aromatic carbocycles. The molecular formula is C23H38O4. The van der Waals surface area contributed by atoms with E-state index in [0.29, 0.717) is 12.2 Å². The third-order valence-electron chi connectivity index (χ3n) is 4.93. The highest BCUT2D eigenvalue weighted by Gasteiger charge is 2.18. The third-order valence-corrected chi connectivity index (χ3v) is 4.93. The first kappa shape index (κ1) is 23.3. The Morgan fingerprint density at radius 1 is 0.815 bits per heavy atom. The van der Waals surface area contributed by atoms with Crippen molar-refractivity contribution in [1.29, 1.82) is 0 Å². The lowest BCUT2D eigenvalue weighted by molar-refractivity contribution is -0.145. The van der Waals surface area contributed by atoms with Gasteiger partial charge in [0.05, 0.1) is 7.11 Å². The molecule has 27 heavy (non-hydrogen) atoms. The van der Waals surface area contributed by atoms with Crippen molar-refractivity contribution in [2.75, 3.05) is 7.11 Å². The van der Waals surface area contributed by atoms with Gasteiger partial charge in [0.2, 0.25) is 0 Å². The number of methoxy groups -OCH3 is 1. The summed E-state index contributed by atoms with van der Waals surface area (Å²) >= 11 is 0. The van der Waals surface area contributed by atoms with Crippen LogP contribution in [0.25, 0.3) is 0 Å². The van der Waals surface area contributed by atoms with E-state index >= 15 is 0 Å². The first-order chi connectivity index (χ1) is 13.2. The number of hydrogen-bond donors (Lipinski definition) is 1. The van der Waals surface area contributed by atoms with Crippen molar-refractivity contribution in [3.8, 4) is 11.5 Å². The fourth-order valence-electron chi connectivity index (χ4n) is 3.22. The Morgan fingerprint density at radius 2 is 1.26 bits per heavy atom. The molecule has 154 valence electrons. The van der Waals surface area contributed by atoms with E-state index in [1.54, 1.807) is 31.4 Å². The van der Waals surface area contributed by atoms with Crippen LogP contribution in [0.15, 0.2) is 24.3 Å². The Labute approximate surface area is 165 Å². The molecule has 0 aliphatic carbocycles. The molecule has 0 saturated carbocycles. The zero-order chi connectivity index (χ0) is 19.7. The van der Waals surface area contributed by atoms with Crippen LogP contribution in [0.3, 0.4) is 0 Å². The number of hydrogen-bond acceptors (Lipinski definition) is 3. The maximum atomic E-state index is 11.4. The summed E-state index contributed by atoms with van der Waals surface area (Å²) in [5, 5.41) is 9.36. The summed E-state index contributed by atoms with van der Waals surface area (Å²) in [6.07, 6.45) is 15.0. The molecule has 0 bridgehead atoms. The molecule has 1 aromatic rings. The maximum Gasteiger partial charge on any atom is 0.344 e. The van der Waals surface area contributed by atoms with Crippen molar-refractivity contribution in [3.05, 3.63) is 24.3 Å². The molecule has 0 heterocycles. The predicted molar refractivity (Wildman–Crippen MR) is 111 cm³/mol. The largest absolute Gasteiger partial charge is 0.497 e. The fraction of sp³-hybridized carbons (Fsp3) is 0.696. The van der Waals surface area contributed by atoms with Gasteiger partial charge in [0.1, 0.15) is 11.5 Å². The fourth-order valence-corrected chi connectivity index (χ4v) is 3.22. The quantitative estimate of drug-likeness (QED) is 0.310. The first-order valence-electron chi connectivity index (χ1n) is 10.7. The Bertz CT molecular complexity index is 484. The number of benzene rings is 1. The van der Waals surface area contributed by atoms with E-state index in [4.69, 9.17) is 9.47 Å². The average molecular weight is 379 g/mol. The molecule has 0 saturated heterocycles. The normalized spacial score (nSPS) is 11.9. The summed E-state index contributed by atoms with van der Waals surface area (Å²) in [6, 6.07) is 7.05. The molecule has 0 amide bonds. The van der Waals surface area contributed by atoms with E-state index in [9.17, 15) is 9.90 Å². The van der Waals surface area contributed by atoms with Gasteiger partial charge in [-0.2, -0.15) is 0 Å². The lowest BCUT2D eigenvalue weighted by Gasteiger charge is -2.15. The number of ether oxygens (including phenoxy) is 2. The second-order valence-electron chi connectivity index (χ2n) is 7.30. The zero-order valence-corrected chi connectivity index (χ0v) is 17.3. The van der Waals surface area contributed by atoms with Gasteiger partial charge in [-0.25, -0.2) is 4.79 Å². The topological polar surface area (TPSA) is 55.8 Å². The zero-order valence-electron chi connectivity index (χ0n) is 17.3. The molecule has 0 fully saturated rings. The van der Waals surface area contributed by atoms with E-state index in [1.807, 2.05) is 0 Å². The van der Waals surface area contributed by atoms with Crippen molar-refractivity contribution in [1.82, 2.24) is 0 Å². The molecule has 1 rings (SSSR count). The van der Waals surface area contributed by atoms with Crippen molar-refractivity contribution >= 4 is 5.97 Å². The average Bonchev–Trinajstić information content (AvgIpc) is 2.68. The number of aliphatic carboxylic acids is 1. The third kappa shape index (κ3) is 11.6. The van der Waals surface area contributed by atoms with Gasteiger partial charge in [-0.15, -0.1) is 0 Å². The number of carbonyl (C=O) groups is 1. The van der Waals surface area contributed by atoms with Gasteiger partial charge in [-0.05, 0) is 37.1 Å². The van der Waals surface area contributed by atoms with Crippen LogP contribution in [0.5, 0.6) is 11.5 Å². The summed E-state index contributed by atoms with van der Waals surface area (Å²) in [5.74, 6) is 0.409. The molecule has 0 aliphatic heterocycles. The molecule has 4 nitrogen and oxygen atoms in total. The monoisotopic (exact) mass is 378 g/mol. The summed E-state index contributed by atoms with van der Waals surface area (Å²) in [5.41, 5.74) is 0. The molecule has 1 N–H and O–H groups in total. The van der Waals surface area contributed by atoms with Crippen LogP contribution in [0.2, 0.25) is 0 Å². The van der Waals surface area contributed by atoms with Gasteiger partial charge in [0.15, 0.2) is 6.10 Å². The van der Waals surface area contributed by atoms with E-state index < -0.39 is 12.1 Å². The molecule has 1 atom stereocenters. The standard InChI is InChI=1S/C23H38O4/c1-3-4-5-6-7-8-9-10-11-12-13-14-15-22(23(24)25)27-21-18-16-20(26-2)17-19-21/h16-19,22H,3-15H2,1-2H3,(H,24,25). The smallest absolute Gasteiger partial charge is 0.344 e. The van der Waals surface area contributed by atoms with E-state index in [0.717, 1.165) is 18.6 Å². The molecule has 0 aromatic heterocycles. The van der Waals surface area contributed by atoms with Gasteiger partial charge in [0.25, 0.3) is 0 Å². The van der Waals surface area contributed by atoms with Crippen molar-refractivity contribution < 1.29 is 19.4 Å². The van der Waals surface area contributed by atoms with Crippen molar-refractivity contribution in [2.24, 2.45) is 0 Å². The minimum absolute atomic E-state index is 0.554. The van der Waals surface area contributed by atoms with Gasteiger partial charge < -0.3 is 14.6 Å². The number of rotatable bonds is 17. The van der Waals surface area contributed by atoms with Crippen LogP contribution >= 0.6 is 0 Å². The van der Waals surface area contributed by atoms with Crippen LogP contribution in [-0.4, -0.2) is 24.3 Å². The van der Waals surface area contributed by atoms with E-state index in [-0.39, 0.29) is 0 Å². The molecule has 0 aliphatic rings. The molecule has 0 radical (unpaired) electrons. The second-order valence-corrected chi connectivity index (χ2v) is 7.30. The highest BCUT2D eigenvalue weighted by Crippen LogP contribution is 2.20. The highest BCUT2D eigenvalue weighted by molar-refractivity contribution is 5.72. The SMILES string of the molecule is CCCCCCCCCCCCCCC(Oc1ccc(OC)cc1)C(=O)O. The minimum atomic E-state index is -0.895. The van der Waals surface area contributed by atoms with Crippen LogP contribution in [0.1, 0.15) is 90.4 Å². The molecule has 4 heteroatoms. The lowest BCUT2D eigenvalue weighted by Crippen LogP contribution is -2.26. The van der Waals surface area contributed by atoms with Gasteiger partial charge >= 0.3 is 5.97 Å². The minimum Gasteiger partial charge on any atom is -0.497 e. The van der Waals surface area contributed by atoms with Gasteiger partial charge in [-0.3, -0.25) is 0 Å². The molecule has 1 unspecified atom stereocenters. The number of carboxylic acids is 1. The Hall–Kier alpha value is -1.71. The van der Waals surface area contributed by atoms with E-state index in [1.165, 1.54) is 64.2 Å². The summed E-state index contributed by atoms with van der Waals surface area (Å²) in [4.78, 5) is 11.4. The molecular weight excluding hydrogens is 340 g/mol. The van der Waals surface area contributed by atoms with E-state index in [2.05, 4.69) is 6.92 Å². The maximum absolute atomic E-state index is 11.4. The number of carboxylic acid groups (broad SMARTS) is 1. The van der Waals surface area contributed by atoms with Crippen LogP contribution in [0, 0.1) is 0 Å². The lowest BCUT2D eigenvalue weighted by atomic mass is 10.0. The first-order valence-corrected chi connectivity index (χ1v) is 10.7. The second kappa shape index (κ2) is 15.4. The van der Waals surface area contributed by atoms with Gasteiger partial charge in [0, 0.05) is 0 Å². The van der Waals surface area contributed by atoms with Crippen molar-refractivity contribution in [3.63, 3.8) is 0 Å². The Morgan fingerprint density at radius 3 is 1.70 bits per heavy atom. The highest BCUT2D eigenvalue weighted by atomic mass is 16.5. The van der Waals surface area contributed by atoms with Gasteiger partial charge in [-0.1, -0.05) is 77.6 Å². The molecule has 0 spiro atoms. The Kier molecular flexibility index (Phi) is 13.3. The van der Waals surface area contributed by atoms with Crippen LogP contribution in [-0.2, 0) is 4.79 Å². The number of unbranched alkanes of at least 4 members (excludes halogenated alkanes) is 11. The predicted octanol–water partition coefficient (Wildman–Crippen LogP) is 6.62. The summed E-state index contributed by atoms with van der Waals surface area (Å²) in [6.45, 7) is 2.25. The van der Waals surface area contributed by atoms with Crippen LogP contribution in [0.4, 0.5) is 0 Å². The Balaban J connectivity index is 2.07. The van der Waals surface area contributed by atoms with Crippen molar-refractivity contribution in [2.45, 2.75) is 96.5 Å². The van der Waals surface area contributed by atoms with Crippen LogP contribution < -0.4 is 9.47 Å².